The van der Waals surface area contributed by atoms with E-state index < -0.39 is 0 Å². The summed E-state index contributed by atoms with van der Waals surface area (Å²) in [5.41, 5.74) is 2.13. The third-order valence-electron chi connectivity index (χ3n) is 4.85. The number of likely N-dealkylation sites (tertiary alicyclic amines) is 1. The van der Waals surface area contributed by atoms with Crippen molar-refractivity contribution in [3.05, 3.63) is 17.0 Å². The Labute approximate surface area is 157 Å². The summed E-state index contributed by atoms with van der Waals surface area (Å²) < 4.78 is 5.42. The fraction of sp³-hybridized carbons (Fsp3) is 0.789. The first-order chi connectivity index (χ1) is 12.7. The maximum absolute atomic E-state index is 9.57. The molecule has 2 rings (SSSR count). The molecule has 148 valence electrons. The zero-order valence-electron chi connectivity index (χ0n) is 16.6. The van der Waals surface area contributed by atoms with E-state index in [4.69, 9.17) is 9.52 Å². The number of hydrogen-bond acceptors (Lipinski definition) is 5. The number of nitrogens with zero attached hydrogens (tertiary/aromatic N) is 3. The molecule has 0 aliphatic carbocycles. The van der Waals surface area contributed by atoms with E-state index in [2.05, 4.69) is 41.5 Å². The minimum absolute atomic E-state index is 0.102. The van der Waals surface area contributed by atoms with Gasteiger partial charge in [-0.1, -0.05) is 19.0 Å². The predicted octanol–water partition coefficient (Wildman–Crippen LogP) is 1.70. The lowest BCUT2D eigenvalue weighted by Crippen LogP contribution is -2.40. The number of nitrogens with one attached hydrogen (secondary N) is 2. The van der Waals surface area contributed by atoms with Gasteiger partial charge in [-0.3, -0.25) is 0 Å². The molecule has 0 amide bonds. The Kier molecular flexibility index (Phi) is 8.91. The van der Waals surface area contributed by atoms with E-state index in [1.54, 1.807) is 0 Å². The number of aliphatic hydroxyl groups excluding tert-OH is 1. The number of hydrogen-bond donors (Lipinski definition) is 3. The van der Waals surface area contributed by atoms with Gasteiger partial charge in [-0.15, -0.1) is 0 Å². The highest BCUT2D eigenvalue weighted by Crippen LogP contribution is 2.16. The second-order valence-corrected chi connectivity index (χ2v) is 6.79. The lowest BCUT2D eigenvalue weighted by molar-refractivity contribution is 0.0823. The monoisotopic (exact) mass is 365 g/mol. The Morgan fingerprint density at radius 3 is 2.65 bits per heavy atom. The maximum Gasteiger partial charge on any atom is 0.191 e. The Hall–Kier alpha value is -1.60. The standard InChI is InChI=1S/C19H35N5O2/c1-4-17-16(18(5-2)26-23-17)14-22-19(20-6-3)21-10-7-11-24-12-8-15(25)9-13-24/h15,25H,4-14H2,1-3H3,(H2,20,21,22). The molecule has 0 bridgehead atoms. The SMILES string of the molecule is CCNC(=NCc1c(CC)noc1CC)NCCCN1CCC(O)CC1. The van der Waals surface area contributed by atoms with Gasteiger partial charge < -0.3 is 25.2 Å². The van der Waals surface area contributed by atoms with Crippen molar-refractivity contribution >= 4 is 5.96 Å². The second-order valence-electron chi connectivity index (χ2n) is 6.79. The Morgan fingerprint density at radius 1 is 1.23 bits per heavy atom. The number of aromatic nitrogens is 1. The first kappa shape index (κ1) is 20.7. The number of rotatable bonds is 9. The molecule has 1 saturated heterocycles. The lowest BCUT2D eigenvalue weighted by Gasteiger charge is -2.29. The van der Waals surface area contributed by atoms with E-state index in [0.717, 1.165) is 87.8 Å². The highest BCUT2D eigenvalue weighted by molar-refractivity contribution is 5.79. The molecule has 1 aromatic rings. The summed E-state index contributed by atoms with van der Waals surface area (Å²) in [6, 6.07) is 0. The molecule has 1 fully saturated rings. The van der Waals surface area contributed by atoms with Crippen LogP contribution in [0.25, 0.3) is 0 Å². The van der Waals surface area contributed by atoms with Gasteiger partial charge in [0, 0.05) is 38.2 Å². The molecule has 7 heteroatoms. The molecular weight excluding hydrogens is 330 g/mol. The first-order valence-electron chi connectivity index (χ1n) is 10.1. The minimum atomic E-state index is -0.102. The average molecular weight is 366 g/mol. The van der Waals surface area contributed by atoms with Crippen LogP contribution in [0, 0.1) is 0 Å². The van der Waals surface area contributed by atoms with E-state index in [1.165, 1.54) is 0 Å². The third kappa shape index (κ3) is 6.29. The molecule has 7 nitrogen and oxygen atoms in total. The normalized spacial score (nSPS) is 16.8. The van der Waals surface area contributed by atoms with Crippen molar-refractivity contribution in [2.24, 2.45) is 4.99 Å². The van der Waals surface area contributed by atoms with Gasteiger partial charge >= 0.3 is 0 Å². The average Bonchev–Trinajstić information content (AvgIpc) is 3.06. The Balaban J connectivity index is 1.80. The number of guanidine groups is 1. The van der Waals surface area contributed by atoms with Crippen LogP contribution in [0.1, 0.15) is 57.1 Å². The molecular formula is C19H35N5O2. The lowest BCUT2D eigenvalue weighted by atomic mass is 10.1. The molecule has 1 aliphatic heterocycles. The van der Waals surface area contributed by atoms with Crippen LogP contribution >= 0.6 is 0 Å². The van der Waals surface area contributed by atoms with Crippen LogP contribution in [0.3, 0.4) is 0 Å². The van der Waals surface area contributed by atoms with Gasteiger partial charge in [-0.2, -0.15) is 0 Å². The molecule has 1 aromatic heterocycles. The van der Waals surface area contributed by atoms with Crippen molar-refractivity contribution in [2.75, 3.05) is 32.7 Å². The fourth-order valence-corrected chi connectivity index (χ4v) is 3.27. The summed E-state index contributed by atoms with van der Waals surface area (Å²) in [5.74, 6) is 1.78. The first-order valence-corrected chi connectivity index (χ1v) is 10.1. The van der Waals surface area contributed by atoms with Crippen molar-refractivity contribution in [3.63, 3.8) is 0 Å². The highest BCUT2D eigenvalue weighted by Gasteiger charge is 2.16. The molecule has 3 N–H and O–H groups in total. The smallest absolute Gasteiger partial charge is 0.191 e. The Morgan fingerprint density at radius 2 is 2.00 bits per heavy atom. The molecule has 0 aromatic carbocycles. The van der Waals surface area contributed by atoms with Crippen LogP contribution in [-0.4, -0.2) is 60.0 Å². The van der Waals surface area contributed by atoms with E-state index in [0.29, 0.717) is 6.54 Å². The summed E-state index contributed by atoms with van der Waals surface area (Å²) in [4.78, 5) is 7.14. The van der Waals surface area contributed by atoms with E-state index in [9.17, 15) is 5.11 Å². The number of aliphatic imine (C=N–C) groups is 1. The summed E-state index contributed by atoms with van der Waals surface area (Å²) in [6.07, 6.45) is 4.46. The van der Waals surface area contributed by atoms with Gasteiger partial charge in [-0.05, 0) is 39.2 Å². The number of aryl methyl sites for hydroxylation is 2. The van der Waals surface area contributed by atoms with Crippen LogP contribution in [0.2, 0.25) is 0 Å². The van der Waals surface area contributed by atoms with E-state index in [-0.39, 0.29) is 6.10 Å². The molecule has 0 radical (unpaired) electrons. The van der Waals surface area contributed by atoms with Crippen molar-refractivity contribution in [1.29, 1.82) is 0 Å². The number of piperidine rings is 1. The van der Waals surface area contributed by atoms with E-state index in [1.807, 2.05) is 0 Å². The maximum atomic E-state index is 9.57. The van der Waals surface area contributed by atoms with Crippen LogP contribution in [0.4, 0.5) is 0 Å². The van der Waals surface area contributed by atoms with Gasteiger partial charge in [0.2, 0.25) is 0 Å². The van der Waals surface area contributed by atoms with Crippen LogP contribution < -0.4 is 10.6 Å². The van der Waals surface area contributed by atoms with Crippen LogP contribution in [-0.2, 0) is 19.4 Å². The second kappa shape index (κ2) is 11.2. The number of aliphatic hydroxyl groups is 1. The van der Waals surface area contributed by atoms with Crippen molar-refractivity contribution < 1.29 is 9.63 Å². The van der Waals surface area contributed by atoms with Crippen LogP contribution in [0.5, 0.6) is 0 Å². The summed E-state index contributed by atoms with van der Waals surface area (Å²) >= 11 is 0. The van der Waals surface area contributed by atoms with Gasteiger partial charge in [0.05, 0.1) is 18.3 Å². The quantitative estimate of drug-likeness (QED) is 0.351. The van der Waals surface area contributed by atoms with Crippen molar-refractivity contribution in [3.8, 4) is 0 Å². The molecule has 0 unspecified atom stereocenters. The van der Waals surface area contributed by atoms with Gasteiger partial charge in [0.25, 0.3) is 0 Å². The third-order valence-corrected chi connectivity index (χ3v) is 4.85. The van der Waals surface area contributed by atoms with E-state index >= 15 is 0 Å². The minimum Gasteiger partial charge on any atom is -0.393 e. The highest BCUT2D eigenvalue weighted by atomic mass is 16.5. The molecule has 0 atom stereocenters. The summed E-state index contributed by atoms with van der Waals surface area (Å²) in [5, 5.41) is 20.4. The largest absolute Gasteiger partial charge is 0.393 e. The summed E-state index contributed by atoms with van der Waals surface area (Å²) in [7, 11) is 0. The molecule has 0 spiro atoms. The molecule has 1 aliphatic rings. The molecule has 2 heterocycles. The predicted molar refractivity (Wildman–Crippen MR) is 104 cm³/mol. The summed E-state index contributed by atoms with van der Waals surface area (Å²) in [6.45, 7) is 11.6. The van der Waals surface area contributed by atoms with Crippen molar-refractivity contribution in [2.45, 2.75) is 65.5 Å². The van der Waals surface area contributed by atoms with Gasteiger partial charge in [-0.25, -0.2) is 4.99 Å². The zero-order chi connectivity index (χ0) is 18.8. The molecule has 0 saturated carbocycles. The topological polar surface area (TPSA) is 85.9 Å². The van der Waals surface area contributed by atoms with Crippen molar-refractivity contribution in [1.82, 2.24) is 20.7 Å². The Bertz CT molecular complexity index is 529. The molecule has 26 heavy (non-hydrogen) atoms. The fourth-order valence-electron chi connectivity index (χ4n) is 3.27. The van der Waals surface area contributed by atoms with Crippen LogP contribution in [0.15, 0.2) is 9.52 Å². The van der Waals surface area contributed by atoms with Gasteiger partial charge in [0.1, 0.15) is 5.76 Å². The zero-order valence-corrected chi connectivity index (χ0v) is 16.6. The van der Waals surface area contributed by atoms with Gasteiger partial charge in [0.15, 0.2) is 5.96 Å².